The third-order valence-corrected chi connectivity index (χ3v) is 5.74. The van der Waals surface area contributed by atoms with E-state index in [1.54, 1.807) is 0 Å². The van der Waals surface area contributed by atoms with Crippen LogP contribution in [-0.2, 0) is 17.8 Å². The molecule has 3 N–H and O–H groups in total. The summed E-state index contributed by atoms with van der Waals surface area (Å²) in [5.74, 6) is 0.848. The summed E-state index contributed by atoms with van der Waals surface area (Å²) in [7, 11) is 0. The van der Waals surface area contributed by atoms with Gasteiger partial charge >= 0.3 is 0 Å². The first-order valence-corrected chi connectivity index (χ1v) is 9.90. The van der Waals surface area contributed by atoms with Crippen LogP contribution < -0.4 is 16.2 Å². The highest BCUT2D eigenvalue weighted by atomic mass is 35.5. The Hall–Kier alpha value is -2.77. The molecule has 0 amide bonds. The van der Waals surface area contributed by atoms with Crippen LogP contribution in [0.25, 0.3) is 10.4 Å². The number of fused-ring (bicyclic) bond motifs is 1. The second-order valence-electron chi connectivity index (χ2n) is 7.05. The maximum atomic E-state index is 8.53. The number of amidine groups is 1. The van der Waals surface area contributed by atoms with E-state index in [1.807, 2.05) is 36.4 Å². The molecule has 2 aromatic rings. The number of hydrogen-bond donors (Lipinski definition) is 3. The molecule has 0 bridgehead atoms. The molecule has 0 saturated carbocycles. The molecule has 2 aliphatic heterocycles. The SMILES string of the molecule is [N-]=[N+]=NCc1cccc(CNNC2=Nc3ccccc3NC23CCOCC3)c1Cl. The zero-order valence-electron chi connectivity index (χ0n) is 15.9. The number of para-hydroxylation sites is 2. The van der Waals surface area contributed by atoms with Crippen molar-refractivity contribution in [3.05, 3.63) is 69.1 Å². The number of rotatable bonds is 5. The van der Waals surface area contributed by atoms with Crippen LogP contribution >= 0.6 is 11.6 Å². The second kappa shape index (κ2) is 8.71. The maximum Gasteiger partial charge on any atom is 0.142 e. The lowest BCUT2D eigenvalue weighted by atomic mass is 9.87. The van der Waals surface area contributed by atoms with Crippen molar-refractivity contribution in [2.75, 3.05) is 18.5 Å². The summed E-state index contributed by atoms with van der Waals surface area (Å²) < 4.78 is 5.57. The average Bonchev–Trinajstić information content (AvgIpc) is 2.75. The van der Waals surface area contributed by atoms with E-state index >= 15 is 0 Å². The standard InChI is InChI=1S/C20H22ClN7O/c21-18-14(4-3-5-15(18)13-24-28-22)12-23-27-19-20(8-10-29-11-9-20)26-17-7-2-1-6-16(17)25-19/h1-7,23,26H,8-13H2,(H,25,27). The number of ether oxygens (including phenoxy) is 1. The lowest BCUT2D eigenvalue weighted by Gasteiger charge is -2.42. The Bertz CT molecular complexity index is 965. The highest BCUT2D eigenvalue weighted by Crippen LogP contribution is 2.37. The third kappa shape index (κ3) is 4.16. The van der Waals surface area contributed by atoms with Crippen LogP contribution in [0.3, 0.4) is 0 Å². The van der Waals surface area contributed by atoms with Gasteiger partial charge in [-0.3, -0.25) is 0 Å². The summed E-state index contributed by atoms with van der Waals surface area (Å²) >= 11 is 6.46. The van der Waals surface area contributed by atoms with Crippen LogP contribution in [0, 0.1) is 0 Å². The molecule has 1 spiro atoms. The molecule has 8 nitrogen and oxygen atoms in total. The molecule has 1 fully saturated rings. The molecular formula is C20H22ClN7O. The van der Waals surface area contributed by atoms with Gasteiger partial charge in [-0.05, 0) is 28.8 Å². The van der Waals surface area contributed by atoms with Crippen molar-refractivity contribution in [2.24, 2.45) is 10.1 Å². The molecule has 2 heterocycles. The summed E-state index contributed by atoms with van der Waals surface area (Å²) in [4.78, 5) is 7.67. The summed E-state index contributed by atoms with van der Waals surface area (Å²) in [6, 6.07) is 13.7. The van der Waals surface area contributed by atoms with E-state index in [9.17, 15) is 0 Å². The molecule has 2 aromatic carbocycles. The van der Waals surface area contributed by atoms with Crippen LogP contribution in [-0.4, -0.2) is 24.6 Å². The van der Waals surface area contributed by atoms with Crippen molar-refractivity contribution >= 4 is 28.8 Å². The predicted molar refractivity (Wildman–Crippen MR) is 114 cm³/mol. The van der Waals surface area contributed by atoms with E-state index in [4.69, 9.17) is 26.9 Å². The summed E-state index contributed by atoms with van der Waals surface area (Å²) in [6.45, 7) is 2.09. The van der Waals surface area contributed by atoms with Gasteiger partial charge in [-0.25, -0.2) is 10.4 Å². The molecule has 0 radical (unpaired) electrons. The number of benzene rings is 2. The Morgan fingerprint density at radius 1 is 1.17 bits per heavy atom. The minimum Gasteiger partial charge on any atom is -0.381 e. The van der Waals surface area contributed by atoms with Crippen LogP contribution in [0.5, 0.6) is 0 Å². The van der Waals surface area contributed by atoms with E-state index in [0.29, 0.717) is 24.8 Å². The molecule has 1 saturated heterocycles. The Labute approximate surface area is 173 Å². The van der Waals surface area contributed by atoms with Gasteiger partial charge in [0.05, 0.1) is 17.9 Å². The molecule has 9 heteroatoms. The Kier molecular flexibility index (Phi) is 5.87. The highest BCUT2D eigenvalue weighted by Gasteiger charge is 2.40. The number of aliphatic imine (C=N–C) groups is 1. The Balaban J connectivity index is 1.51. The molecule has 0 atom stereocenters. The average molecular weight is 412 g/mol. The van der Waals surface area contributed by atoms with Gasteiger partial charge in [-0.2, -0.15) is 0 Å². The smallest absolute Gasteiger partial charge is 0.142 e. The highest BCUT2D eigenvalue weighted by molar-refractivity contribution is 6.32. The van der Waals surface area contributed by atoms with Crippen LogP contribution in [0.15, 0.2) is 52.6 Å². The summed E-state index contributed by atoms with van der Waals surface area (Å²) in [5, 5.41) is 7.87. The van der Waals surface area contributed by atoms with Gasteiger partial charge in [-0.15, -0.1) is 0 Å². The summed E-state index contributed by atoms with van der Waals surface area (Å²) in [5.41, 5.74) is 18.5. The number of anilines is 1. The lowest BCUT2D eigenvalue weighted by Crippen LogP contribution is -2.59. The molecule has 2 aliphatic rings. The molecule has 0 aliphatic carbocycles. The van der Waals surface area contributed by atoms with Crippen LogP contribution in [0.1, 0.15) is 24.0 Å². The van der Waals surface area contributed by atoms with Gasteiger partial charge in [0, 0.05) is 42.5 Å². The van der Waals surface area contributed by atoms with Crippen molar-refractivity contribution in [3.63, 3.8) is 0 Å². The molecular weight excluding hydrogens is 390 g/mol. The number of nitrogens with one attached hydrogen (secondary N) is 3. The number of hydrogen-bond acceptors (Lipinski definition) is 6. The van der Waals surface area contributed by atoms with Gasteiger partial charge in [0.25, 0.3) is 0 Å². The van der Waals surface area contributed by atoms with Crippen molar-refractivity contribution < 1.29 is 4.74 Å². The van der Waals surface area contributed by atoms with Crippen LogP contribution in [0.2, 0.25) is 5.02 Å². The zero-order valence-corrected chi connectivity index (χ0v) is 16.6. The minimum atomic E-state index is -0.285. The minimum absolute atomic E-state index is 0.229. The molecule has 4 rings (SSSR count). The Morgan fingerprint density at radius 3 is 2.79 bits per heavy atom. The van der Waals surface area contributed by atoms with E-state index < -0.39 is 0 Å². The van der Waals surface area contributed by atoms with Crippen molar-refractivity contribution in [1.29, 1.82) is 0 Å². The number of nitrogens with zero attached hydrogens (tertiary/aromatic N) is 4. The van der Waals surface area contributed by atoms with Gasteiger partial charge in [0.2, 0.25) is 0 Å². The van der Waals surface area contributed by atoms with E-state index in [2.05, 4.69) is 32.3 Å². The van der Waals surface area contributed by atoms with Gasteiger partial charge < -0.3 is 15.5 Å². The number of halogens is 1. The molecule has 150 valence electrons. The second-order valence-corrected chi connectivity index (χ2v) is 7.43. The van der Waals surface area contributed by atoms with E-state index in [1.165, 1.54) is 0 Å². The maximum absolute atomic E-state index is 8.53. The molecule has 0 aromatic heterocycles. The van der Waals surface area contributed by atoms with Crippen LogP contribution in [0.4, 0.5) is 11.4 Å². The fourth-order valence-corrected chi connectivity index (χ4v) is 3.93. The van der Waals surface area contributed by atoms with Crippen molar-refractivity contribution in [2.45, 2.75) is 31.5 Å². The van der Waals surface area contributed by atoms with E-state index in [0.717, 1.165) is 41.2 Å². The lowest BCUT2D eigenvalue weighted by molar-refractivity contribution is 0.0768. The number of azide groups is 1. The first kappa shape index (κ1) is 19.5. The normalized spacial score (nSPS) is 16.9. The fourth-order valence-electron chi connectivity index (χ4n) is 3.67. The monoisotopic (exact) mass is 411 g/mol. The van der Waals surface area contributed by atoms with Gasteiger partial charge in [-0.1, -0.05) is 47.0 Å². The predicted octanol–water partition coefficient (Wildman–Crippen LogP) is 4.45. The van der Waals surface area contributed by atoms with Crippen molar-refractivity contribution in [1.82, 2.24) is 10.9 Å². The zero-order chi connectivity index (χ0) is 20.1. The largest absolute Gasteiger partial charge is 0.381 e. The fraction of sp³-hybridized carbons (Fsp3) is 0.350. The number of hydrazine groups is 1. The first-order valence-electron chi connectivity index (χ1n) is 9.52. The first-order chi connectivity index (χ1) is 14.2. The van der Waals surface area contributed by atoms with Crippen molar-refractivity contribution in [3.8, 4) is 0 Å². The third-order valence-electron chi connectivity index (χ3n) is 5.26. The molecule has 29 heavy (non-hydrogen) atoms. The van der Waals surface area contributed by atoms with Gasteiger partial charge in [0.1, 0.15) is 11.4 Å². The Morgan fingerprint density at radius 2 is 1.97 bits per heavy atom. The summed E-state index contributed by atoms with van der Waals surface area (Å²) in [6.07, 6.45) is 1.66. The van der Waals surface area contributed by atoms with Gasteiger partial charge in [0.15, 0.2) is 0 Å². The topological polar surface area (TPSA) is 106 Å². The quantitative estimate of drug-likeness (QED) is 0.292. The molecule has 0 unspecified atom stereocenters. The van der Waals surface area contributed by atoms with E-state index in [-0.39, 0.29) is 12.1 Å².